The molecular formula is C13H24O4PS+. The molecule has 19 heavy (non-hydrogen) atoms. The predicted octanol–water partition coefficient (Wildman–Crippen LogP) is 3.61. The van der Waals surface area contributed by atoms with E-state index in [2.05, 4.69) is 51.1 Å². The first kappa shape index (κ1) is 18.5. The minimum absolute atomic E-state index is 0.661. The Balaban J connectivity index is 0.000000555. The molecule has 0 radical (unpaired) electrons. The standard InChI is InChI=1S/C13H22P.H2O4S/c1-4-14(5-2,6-3)12-13-10-8-7-9-11-13;1-5(2,3)4/h7-11H,4-6,12H2,1-3H3;(H2,1,2,3,4)/q+1;. The molecule has 0 bridgehead atoms. The molecule has 0 spiro atoms. The molecule has 0 aliphatic heterocycles. The first-order valence-corrected chi connectivity index (χ1v) is 10.3. The van der Waals surface area contributed by atoms with E-state index in [0.29, 0.717) is 0 Å². The molecule has 1 rings (SSSR count). The average molecular weight is 307 g/mol. The molecule has 1 aromatic rings. The van der Waals surface area contributed by atoms with Crippen LogP contribution in [-0.2, 0) is 16.6 Å². The second-order valence-corrected chi connectivity index (χ2v) is 10.2. The van der Waals surface area contributed by atoms with Gasteiger partial charge in [-0.05, 0) is 26.3 Å². The van der Waals surface area contributed by atoms with Crippen molar-refractivity contribution in [1.29, 1.82) is 0 Å². The van der Waals surface area contributed by atoms with Crippen LogP contribution in [0, 0.1) is 0 Å². The zero-order valence-electron chi connectivity index (χ0n) is 11.8. The lowest BCUT2D eigenvalue weighted by atomic mass is 10.2. The Morgan fingerprint density at radius 2 is 1.32 bits per heavy atom. The van der Waals surface area contributed by atoms with Gasteiger partial charge in [0, 0.05) is 7.26 Å². The molecule has 0 aliphatic rings. The van der Waals surface area contributed by atoms with Gasteiger partial charge in [-0.2, -0.15) is 8.42 Å². The highest BCUT2D eigenvalue weighted by Gasteiger charge is 2.30. The Labute approximate surface area is 117 Å². The monoisotopic (exact) mass is 307 g/mol. The van der Waals surface area contributed by atoms with Gasteiger partial charge in [0.15, 0.2) is 0 Å². The molecule has 0 amide bonds. The quantitative estimate of drug-likeness (QED) is 0.643. The van der Waals surface area contributed by atoms with Crippen LogP contribution in [0.5, 0.6) is 0 Å². The van der Waals surface area contributed by atoms with E-state index in [-0.39, 0.29) is 0 Å². The Bertz CT molecular complexity index is 425. The second kappa shape index (κ2) is 8.64. The van der Waals surface area contributed by atoms with Crippen LogP contribution in [0.4, 0.5) is 0 Å². The third kappa shape index (κ3) is 9.11. The van der Waals surface area contributed by atoms with Crippen LogP contribution in [0.25, 0.3) is 0 Å². The van der Waals surface area contributed by atoms with Gasteiger partial charge < -0.3 is 0 Å². The fourth-order valence-electron chi connectivity index (χ4n) is 1.98. The lowest BCUT2D eigenvalue weighted by Gasteiger charge is -2.23. The SMILES string of the molecule is CC[P+](CC)(CC)Cc1ccccc1.O=S(=O)(O)O. The molecule has 0 aliphatic carbocycles. The minimum Gasteiger partial charge on any atom is -0.264 e. The Hall–Kier alpha value is -0.480. The van der Waals surface area contributed by atoms with Gasteiger partial charge in [-0.25, -0.2) is 0 Å². The summed E-state index contributed by atoms with van der Waals surface area (Å²) in [6.45, 7) is 7.09. The van der Waals surface area contributed by atoms with Gasteiger partial charge in [0.2, 0.25) is 0 Å². The van der Waals surface area contributed by atoms with Crippen LogP contribution in [0.1, 0.15) is 26.3 Å². The van der Waals surface area contributed by atoms with E-state index >= 15 is 0 Å². The zero-order chi connectivity index (χ0) is 14.9. The molecule has 0 heterocycles. The van der Waals surface area contributed by atoms with Gasteiger partial charge in [0.05, 0.1) is 24.6 Å². The largest absolute Gasteiger partial charge is 0.394 e. The van der Waals surface area contributed by atoms with E-state index in [1.165, 1.54) is 30.2 Å². The summed E-state index contributed by atoms with van der Waals surface area (Å²) in [4.78, 5) is 0. The first-order valence-electron chi connectivity index (χ1n) is 6.35. The van der Waals surface area contributed by atoms with Crippen LogP contribution < -0.4 is 0 Å². The summed E-state index contributed by atoms with van der Waals surface area (Å²) >= 11 is 0. The molecule has 0 unspecified atom stereocenters. The molecule has 0 aromatic heterocycles. The van der Waals surface area contributed by atoms with E-state index in [0.717, 1.165) is 0 Å². The molecule has 0 atom stereocenters. The molecule has 6 heteroatoms. The molecule has 110 valence electrons. The molecule has 4 nitrogen and oxygen atoms in total. The van der Waals surface area contributed by atoms with Crippen molar-refractivity contribution in [3.05, 3.63) is 35.9 Å². The van der Waals surface area contributed by atoms with E-state index in [1.54, 1.807) is 0 Å². The number of benzene rings is 1. The maximum atomic E-state index is 8.74. The fourth-order valence-corrected chi connectivity index (χ4v) is 4.97. The fraction of sp³-hybridized carbons (Fsp3) is 0.538. The molecule has 0 fully saturated rings. The van der Waals surface area contributed by atoms with Crippen molar-refractivity contribution in [3.8, 4) is 0 Å². The van der Waals surface area contributed by atoms with Crippen molar-refractivity contribution in [3.63, 3.8) is 0 Å². The summed E-state index contributed by atoms with van der Waals surface area (Å²) in [6.07, 6.45) is 5.54. The number of rotatable bonds is 5. The van der Waals surface area contributed by atoms with E-state index in [1.807, 2.05) is 0 Å². The molecule has 1 aromatic carbocycles. The normalized spacial score (nSPS) is 11.6. The van der Waals surface area contributed by atoms with Gasteiger partial charge >= 0.3 is 10.4 Å². The van der Waals surface area contributed by atoms with Crippen LogP contribution in [-0.4, -0.2) is 36.0 Å². The van der Waals surface area contributed by atoms with Gasteiger partial charge in [0.1, 0.15) is 0 Å². The highest BCUT2D eigenvalue weighted by atomic mass is 32.3. The van der Waals surface area contributed by atoms with Gasteiger partial charge in [-0.15, -0.1) is 0 Å². The van der Waals surface area contributed by atoms with Crippen molar-refractivity contribution in [2.45, 2.75) is 26.9 Å². The number of hydrogen-bond donors (Lipinski definition) is 2. The van der Waals surface area contributed by atoms with Crippen LogP contribution in [0.3, 0.4) is 0 Å². The third-order valence-electron chi connectivity index (χ3n) is 3.37. The summed E-state index contributed by atoms with van der Waals surface area (Å²) in [5.74, 6) is 0. The Morgan fingerprint density at radius 1 is 0.947 bits per heavy atom. The van der Waals surface area contributed by atoms with Crippen molar-refractivity contribution >= 4 is 17.7 Å². The summed E-state index contributed by atoms with van der Waals surface area (Å²) < 4.78 is 31.6. The summed E-state index contributed by atoms with van der Waals surface area (Å²) in [7, 11) is -5.33. The van der Waals surface area contributed by atoms with Crippen LogP contribution in [0.2, 0.25) is 0 Å². The minimum atomic E-state index is -4.67. The lowest BCUT2D eigenvalue weighted by Crippen LogP contribution is -2.05. The smallest absolute Gasteiger partial charge is 0.264 e. The highest BCUT2D eigenvalue weighted by molar-refractivity contribution is 7.79. The molecule has 0 saturated carbocycles. The van der Waals surface area contributed by atoms with Crippen LogP contribution >= 0.6 is 7.26 Å². The first-order chi connectivity index (χ1) is 8.76. The zero-order valence-corrected chi connectivity index (χ0v) is 13.5. The van der Waals surface area contributed by atoms with E-state index in [9.17, 15) is 0 Å². The Morgan fingerprint density at radius 3 is 1.63 bits per heavy atom. The molecule has 0 saturated heterocycles. The lowest BCUT2D eigenvalue weighted by molar-refractivity contribution is 0.381. The van der Waals surface area contributed by atoms with Crippen molar-refractivity contribution in [2.24, 2.45) is 0 Å². The predicted molar refractivity (Wildman–Crippen MR) is 82.9 cm³/mol. The maximum Gasteiger partial charge on any atom is 0.394 e. The van der Waals surface area contributed by atoms with Gasteiger partial charge in [-0.1, -0.05) is 30.3 Å². The van der Waals surface area contributed by atoms with E-state index < -0.39 is 17.7 Å². The third-order valence-corrected chi connectivity index (χ3v) is 8.43. The molecule has 2 N–H and O–H groups in total. The Kier molecular flexibility index (Phi) is 8.42. The van der Waals surface area contributed by atoms with Crippen molar-refractivity contribution in [1.82, 2.24) is 0 Å². The maximum absolute atomic E-state index is 8.74. The van der Waals surface area contributed by atoms with Gasteiger partial charge in [-0.3, -0.25) is 9.11 Å². The van der Waals surface area contributed by atoms with Crippen molar-refractivity contribution in [2.75, 3.05) is 18.5 Å². The molecular weight excluding hydrogens is 283 g/mol. The average Bonchev–Trinajstić information content (AvgIpc) is 2.35. The number of hydrogen-bond acceptors (Lipinski definition) is 2. The summed E-state index contributed by atoms with van der Waals surface area (Å²) in [5, 5.41) is 0. The van der Waals surface area contributed by atoms with E-state index in [4.69, 9.17) is 17.5 Å². The topological polar surface area (TPSA) is 74.6 Å². The van der Waals surface area contributed by atoms with Crippen molar-refractivity contribution < 1.29 is 17.5 Å². The summed E-state index contributed by atoms with van der Waals surface area (Å²) in [5.41, 5.74) is 1.53. The summed E-state index contributed by atoms with van der Waals surface area (Å²) in [6, 6.07) is 11.0. The van der Waals surface area contributed by atoms with Crippen LogP contribution in [0.15, 0.2) is 30.3 Å². The van der Waals surface area contributed by atoms with Gasteiger partial charge in [0.25, 0.3) is 0 Å². The second-order valence-electron chi connectivity index (χ2n) is 4.38. The highest BCUT2D eigenvalue weighted by Crippen LogP contribution is 2.60.